The van der Waals surface area contributed by atoms with Crippen LogP contribution in [0.1, 0.15) is 11.1 Å². The van der Waals surface area contributed by atoms with Crippen molar-refractivity contribution < 1.29 is 18.0 Å². The molecule has 0 unspecified atom stereocenters. The average molecular weight is 204 g/mol. The van der Waals surface area contributed by atoms with Gasteiger partial charge in [-0.25, -0.2) is 0 Å². The van der Waals surface area contributed by atoms with E-state index in [0.717, 1.165) is 6.07 Å². The average Bonchev–Trinajstić information content (AvgIpc) is 2.01. The number of hydrogen-bond donors (Lipinski definition) is 1. The summed E-state index contributed by atoms with van der Waals surface area (Å²) in [4.78, 5) is 13.8. The molecular weight excluding hydrogens is 197 g/mol. The summed E-state index contributed by atoms with van der Waals surface area (Å²) in [6.07, 6.45) is -2.80. The van der Waals surface area contributed by atoms with Crippen molar-refractivity contribution in [3.05, 3.63) is 29.6 Å². The number of carbonyl (C=O) groups is 1. The van der Waals surface area contributed by atoms with Gasteiger partial charge in [0.25, 0.3) is 0 Å². The third kappa shape index (κ3) is 2.72. The number of hydrogen-bond acceptors (Lipinski definition) is 2. The molecule has 1 amide bonds. The molecule has 0 aromatic carbocycles. The molecule has 14 heavy (non-hydrogen) atoms. The summed E-state index contributed by atoms with van der Waals surface area (Å²) in [5.41, 5.74) is 4.12. The Morgan fingerprint density at radius 2 is 2.07 bits per heavy atom. The maximum Gasteiger partial charge on any atom is 0.417 e. The van der Waals surface area contributed by atoms with Gasteiger partial charge < -0.3 is 5.73 Å². The predicted octanol–water partition coefficient (Wildman–Crippen LogP) is 1.13. The molecule has 0 aliphatic rings. The van der Waals surface area contributed by atoms with Crippen molar-refractivity contribution in [2.24, 2.45) is 5.73 Å². The molecule has 0 aliphatic carbocycles. The van der Waals surface area contributed by atoms with Gasteiger partial charge in [-0.05, 0) is 11.6 Å². The Balaban J connectivity index is 2.95. The lowest BCUT2D eigenvalue weighted by Crippen LogP contribution is -2.14. The number of nitrogens with zero attached hydrogens (tertiary/aromatic N) is 1. The fourth-order valence-electron chi connectivity index (χ4n) is 0.940. The van der Waals surface area contributed by atoms with E-state index in [0.29, 0.717) is 6.20 Å². The summed E-state index contributed by atoms with van der Waals surface area (Å²) in [6.45, 7) is 0. The maximum absolute atomic E-state index is 12.1. The van der Waals surface area contributed by atoms with Crippen LogP contribution in [0.2, 0.25) is 0 Å². The van der Waals surface area contributed by atoms with Gasteiger partial charge in [-0.15, -0.1) is 0 Å². The fourth-order valence-corrected chi connectivity index (χ4v) is 0.940. The molecule has 0 aliphatic heterocycles. The van der Waals surface area contributed by atoms with Crippen LogP contribution in [0.5, 0.6) is 0 Å². The van der Waals surface area contributed by atoms with E-state index in [2.05, 4.69) is 4.98 Å². The van der Waals surface area contributed by atoms with Crippen molar-refractivity contribution >= 4 is 5.91 Å². The minimum absolute atomic E-state index is 0.160. The summed E-state index contributed by atoms with van der Waals surface area (Å²) >= 11 is 0. The molecule has 0 bridgehead atoms. The molecule has 76 valence electrons. The van der Waals surface area contributed by atoms with E-state index in [1.165, 1.54) is 6.20 Å². The van der Waals surface area contributed by atoms with Gasteiger partial charge in [0.1, 0.15) is 0 Å². The van der Waals surface area contributed by atoms with Gasteiger partial charge in [0, 0.05) is 12.4 Å². The minimum Gasteiger partial charge on any atom is -0.369 e. The Hall–Kier alpha value is -1.59. The highest BCUT2D eigenvalue weighted by atomic mass is 19.4. The summed E-state index contributed by atoms with van der Waals surface area (Å²) in [6, 6.07) is 0.859. The van der Waals surface area contributed by atoms with Gasteiger partial charge in [0.2, 0.25) is 5.91 Å². The zero-order chi connectivity index (χ0) is 10.8. The molecule has 2 N–H and O–H groups in total. The van der Waals surface area contributed by atoms with Gasteiger partial charge >= 0.3 is 6.18 Å². The third-order valence-corrected chi connectivity index (χ3v) is 1.50. The smallest absolute Gasteiger partial charge is 0.369 e. The van der Waals surface area contributed by atoms with Gasteiger partial charge in [-0.1, -0.05) is 0 Å². The number of alkyl halides is 3. The molecule has 3 nitrogen and oxygen atoms in total. The zero-order valence-corrected chi connectivity index (χ0v) is 7.01. The molecule has 1 aromatic heterocycles. The Morgan fingerprint density at radius 1 is 1.43 bits per heavy atom. The lowest BCUT2D eigenvalue weighted by atomic mass is 10.1. The lowest BCUT2D eigenvalue weighted by molar-refractivity contribution is -0.138. The van der Waals surface area contributed by atoms with Crippen LogP contribution in [0.4, 0.5) is 13.2 Å². The molecular formula is C8H7F3N2O. The maximum atomic E-state index is 12.1. The van der Waals surface area contributed by atoms with Crippen molar-refractivity contribution in [2.75, 3.05) is 0 Å². The van der Waals surface area contributed by atoms with Crippen LogP contribution in [0, 0.1) is 0 Å². The molecule has 1 rings (SSSR count). The van der Waals surface area contributed by atoms with E-state index in [9.17, 15) is 18.0 Å². The summed E-state index contributed by atoms with van der Waals surface area (Å²) in [5, 5.41) is 0. The Bertz CT molecular complexity index is 349. The van der Waals surface area contributed by atoms with Crippen molar-refractivity contribution in [2.45, 2.75) is 12.6 Å². The van der Waals surface area contributed by atoms with Crippen LogP contribution < -0.4 is 5.73 Å². The highest BCUT2D eigenvalue weighted by molar-refractivity contribution is 5.76. The first-order chi connectivity index (χ1) is 6.39. The molecule has 6 heteroatoms. The summed E-state index contributed by atoms with van der Waals surface area (Å²) < 4.78 is 36.4. The van der Waals surface area contributed by atoms with Gasteiger partial charge in [-0.3, -0.25) is 9.78 Å². The van der Waals surface area contributed by atoms with Crippen LogP contribution in [0.3, 0.4) is 0 Å². The summed E-state index contributed by atoms with van der Waals surface area (Å²) in [7, 11) is 0. The fraction of sp³-hybridized carbons (Fsp3) is 0.250. The second kappa shape index (κ2) is 3.65. The minimum atomic E-state index is -4.44. The SMILES string of the molecule is NC(=O)Cc1cncc(C(F)(F)F)c1. The van der Waals surface area contributed by atoms with Crippen LogP contribution in [0.15, 0.2) is 18.5 Å². The lowest BCUT2D eigenvalue weighted by Gasteiger charge is -2.06. The van der Waals surface area contributed by atoms with Crippen LogP contribution >= 0.6 is 0 Å². The largest absolute Gasteiger partial charge is 0.417 e. The van der Waals surface area contributed by atoms with E-state index in [-0.39, 0.29) is 12.0 Å². The number of rotatable bonds is 2. The number of aromatic nitrogens is 1. The first-order valence-corrected chi connectivity index (χ1v) is 3.69. The number of halogens is 3. The topological polar surface area (TPSA) is 56.0 Å². The normalized spacial score (nSPS) is 11.4. The van der Waals surface area contributed by atoms with E-state index in [1.807, 2.05) is 0 Å². The Labute approximate surface area is 77.7 Å². The monoisotopic (exact) mass is 204 g/mol. The molecule has 0 fully saturated rings. The second-order valence-corrected chi connectivity index (χ2v) is 2.72. The number of carbonyl (C=O) groups excluding carboxylic acids is 1. The third-order valence-electron chi connectivity index (χ3n) is 1.50. The quantitative estimate of drug-likeness (QED) is 0.784. The molecule has 0 spiro atoms. The molecule has 0 radical (unpaired) electrons. The van der Waals surface area contributed by atoms with Gasteiger partial charge in [0.15, 0.2) is 0 Å². The predicted molar refractivity (Wildman–Crippen MR) is 42.1 cm³/mol. The first kappa shape index (κ1) is 10.5. The number of primary amides is 1. The Kier molecular flexibility index (Phi) is 2.73. The number of pyridine rings is 1. The van der Waals surface area contributed by atoms with Gasteiger partial charge in [-0.2, -0.15) is 13.2 Å². The van der Waals surface area contributed by atoms with Crippen molar-refractivity contribution in [3.63, 3.8) is 0 Å². The van der Waals surface area contributed by atoms with E-state index < -0.39 is 17.6 Å². The standard InChI is InChI=1S/C8H7F3N2O/c9-8(10,11)6-1-5(2-7(12)14)3-13-4-6/h1,3-4H,2H2,(H2,12,14). The van der Waals surface area contributed by atoms with Gasteiger partial charge in [0.05, 0.1) is 12.0 Å². The first-order valence-electron chi connectivity index (χ1n) is 3.69. The van der Waals surface area contributed by atoms with Crippen molar-refractivity contribution in [1.29, 1.82) is 0 Å². The molecule has 1 heterocycles. The molecule has 0 saturated carbocycles. The Morgan fingerprint density at radius 3 is 2.57 bits per heavy atom. The van der Waals surface area contributed by atoms with E-state index in [1.54, 1.807) is 0 Å². The molecule has 0 atom stereocenters. The zero-order valence-electron chi connectivity index (χ0n) is 7.01. The van der Waals surface area contributed by atoms with Crippen LogP contribution in [-0.4, -0.2) is 10.9 Å². The second-order valence-electron chi connectivity index (χ2n) is 2.72. The van der Waals surface area contributed by atoms with Crippen molar-refractivity contribution in [3.8, 4) is 0 Å². The number of amides is 1. The van der Waals surface area contributed by atoms with E-state index >= 15 is 0 Å². The number of nitrogens with two attached hydrogens (primary N) is 1. The molecule has 1 aromatic rings. The summed E-state index contributed by atoms with van der Waals surface area (Å²) in [5.74, 6) is -0.689. The highest BCUT2D eigenvalue weighted by Gasteiger charge is 2.30. The molecule has 0 saturated heterocycles. The van der Waals surface area contributed by atoms with Crippen LogP contribution in [-0.2, 0) is 17.4 Å². The highest BCUT2D eigenvalue weighted by Crippen LogP contribution is 2.28. The van der Waals surface area contributed by atoms with E-state index in [4.69, 9.17) is 5.73 Å². The van der Waals surface area contributed by atoms with Crippen LogP contribution in [0.25, 0.3) is 0 Å². The van der Waals surface area contributed by atoms with Crippen molar-refractivity contribution in [1.82, 2.24) is 4.98 Å².